The van der Waals surface area contributed by atoms with Crippen LogP contribution in [0.1, 0.15) is 39.5 Å². The number of amides is 1. The van der Waals surface area contributed by atoms with E-state index in [2.05, 4.69) is 24.1 Å². The van der Waals surface area contributed by atoms with Crippen molar-refractivity contribution in [2.24, 2.45) is 5.41 Å². The second-order valence-electron chi connectivity index (χ2n) is 6.58. The summed E-state index contributed by atoms with van der Waals surface area (Å²) in [4.78, 5) is 15.6. The largest absolute Gasteiger partial charge is 0.396 e. The van der Waals surface area contributed by atoms with Gasteiger partial charge in [0.2, 0.25) is 5.91 Å². The number of piperidine rings is 1. The Balaban J connectivity index is 2.32. The van der Waals surface area contributed by atoms with Gasteiger partial charge in [0.15, 0.2) is 0 Å². The van der Waals surface area contributed by atoms with Gasteiger partial charge < -0.3 is 15.3 Å². The molecule has 1 aliphatic rings. The Labute approximate surface area is 129 Å². The molecule has 21 heavy (non-hydrogen) atoms. The van der Waals surface area contributed by atoms with Gasteiger partial charge in [0.25, 0.3) is 0 Å². The van der Waals surface area contributed by atoms with Crippen LogP contribution in [0, 0.1) is 5.41 Å². The summed E-state index contributed by atoms with van der Waals surface area (Å²) in [6, 6.07) is 0.514. The Morgan fingerprint density at radius 1 is 1.29 bits per heavy atom. The number of likely N-dealkylation sites (tertiary alicyclic amines) is 1. The van der Waals surface area contributed by atoms with Crippen molar-refractivity contribution in [1.82, 2.24) is 15.1 Å². The number of carbonyl (C=O) groups is 1. The van der Waals surface area contributed by atoms with Crippen molar-refractivity contribution in [3.05, 3.63) is 0 Å². The van der Waals surface area contributed by atoms with Gasteiger partial charge in [-0.1, -0.05) is 13.8 Å². The molecule has 1 aliphatic heterocycles. The summed E-state index contributed by atoms with van der Waals surface area (Å²) in [6.45, 7) is 7.92. The lowest BCUT2D eigenvalue weighted by Crippen LogP contribution is -2.48. The van der Waals surface area contributed by atoms with Crippen LogP contribution in [0.25, 0.3) is 0 Å². The van der Waals surface area contributed by atoms with Gasteiger partial charge in [0.05, 0.1) is 6.54 Å². The molecule has 0 saturated carbocycles. The van der Waals surface area contributed by atoms with E-state index in [1.54, 1.807) is 19.0 Å². The van der Waals surface area contributed by atoms with E-state index >= 15 is 0 Å². The van der Waals surface area contributed by atoms with E-state index in [9.17, 15) is 9.90 Å². The molecular formula is C16H33N3O2. The summed E-state index contributed by atoms with van der Waals surface area (Å²) < 4.78 is 0. The fourth-order valence-corrected chi connectivity index (χ4v) is 2.77. The highest BCUT2D eigenvalue weighted by Crippen LogP contribution is 2.25. The molecule has 0 aromatic heterocycles. The third-order valence-electron chi connectivity index (χ3n) is 5.05. The number of hydrogen-bond donors (Lipinski definition) is 2. The fraction of sp³-hybridized carbons (Fsp3) is 0.938. The van der Waals surface area contributed by atoms with Gasteiger partial charge in [-0.3, -0.25) is 9.69 Å². The van der Waals surface area contributed by atoms with Crippen LogP contribution in [-0.2, 0) is 4.79 Å². The number of nitrogens with one attached hydrogen (secondary N) is 1. The third-order valence-corrected chi connectivity index (χ3v) is 5.05. The maximum absolute atomic E-state index is 11.7. The summed E-state index contributed by atoms with van der Waals surface area (Å²) in [7, 11) is 3.61. The number of hydrogen-bond acceptors (Lipinski definition) is 4. The molecule has 0 unspecified atom stereocenters. The summed E-state index contributed by atoms with van der Waals surface area (Å²) in [5, 5.41) is 13.2. The Bertz CT molecular complexity index is 300. The van der Waals surface area contributed by atoms with Crippen molar-refractivity contribution >= 4 is 5.91 Å². The minimum atomic E-state index is 0.0258. The zero-order valence-corrected chi connectivity index (χ0v) is 14.2. The first-order valence-corrected chi connectivity index (χ1v) is 8.23. The molecule has 0 spiro atoms. The van der Waals surface area contributed by atoms with E-state index in [0.717, 1.165) is 45.3 Å². The molecule has 0 aromatic rings. The smallest absolute Gasteiger partial charge is 0.236 e. The van der Waals surface area contributed by atoms with Crippen LogP contribution in [0.5, 0.6) is 0 Å². The molecular weight excluding hydrogens is 266 g/mol. The van der Waals surface area contributed by atoms with E-state index in [-0.39, 0.29) is 17.9 Å². The molecule has 5 heteroatoms. The normalized spacial score (nSPS) is 18.0. The van der Waals surface area contributed by atoms with Crippen molar-refractivity contribution in [3.63, 3.8) is 0 Å². The highest BCUT2D eigenvalue weighted by atomic mass is 16.3. The third kappa shape index (κ3) is 5.57. The molecule has 0 aromatic carbocycles. The summed E-state index contributed by atoms with van der Waals surface area (Å²) in [5.74, 6) is 0.178. The lowest BCUT2D eigenvalue weighted by molar-refractivity contribution is -0.130. The van der Waals surface area contributed by atoms with Crippen molar-refractivity contribution in [2.75, 3.05) is 46.9 Å². The average molecular weight is 299 g/mol. The predicted molar refractivity (Wildman–Crippen MR) is 86.3 cm³/mol. The van der Waals surface area contributed by atoms with Crippen molar-refractivity contribution in [3.8, 4) is 0 Å². The minimum Gasteiger partial charge on any atom is -0.396 e. The summed E-state index contributed by atoms with van der Waals surface area (Å²) in [5.41, 5.74) is 0.0258. The maximum Gasteiger partial charge on any atom is 0.236 e. The highest BCUT2D eigenvalue weighted by Gasteiger charge is 2.27. The van der Waals surface area contributed by atoms with E-state index in [4.69, 9.17) is 0 Å². The van der Waals surface area contributed by atoms with E-state index in [1.807, 2.05) is 0 Å². The number of carbonyl (C=O) groups excluding carboxylic acids is 1. The molecule has 0 radical (unpaired) electrons. The van der Waals surface area contributed by atoms with Gasteiger partial charge in [0, 0.05) is 51.8 Å². The zero-order chi connectivity index (χ0) is 15.9. The molecule has 1 amide bonds. The molecule has 2 N–H and O–H groups in total. The Hall–Kier alpha value is -0.650. The molecule has 1 rings (SSSR count). The first-order chi connectivity index (χ1) is 9.96. The van der Waals surface area contributed by atoms with Crippen LogP contribution in [0.2, 0.25) is 0 Å². The molecule has 124 valence electrons. The number of likely N-dealkylation sites (N-methyl/N-ethyl adjacent to an activating group) is 1. The molecule has 1 fully saturated rings. The van der Waals surface area contributed by atoms with Crippen LogP contribution in [0.3, 0.4) is 0 Å². The Morgan fingerprint density at radius 3 is 2.29 bits per heavy atom. The van der Waals surface area contributed by atoms with Crippen LogP contribution in [-0.4, -0.2) is 73.7 Å². The SMILES string of the molecule is CCC(CC)(CO)CNC1CCN(CC(=O)N(C)C)CC1. The number of rotatable bonds is 8. The number of nitrogens with zero attached hydrogens (tertiary/aromatic N) is 2. The lowest BCUT2D eigenvalue weighted by atomic mass is 9.83. The minimum absolute atomic E-state index is 0.0258. The van der Waals surface area contributed by atoms with Crippen LogP contribution in [0.4, 0.5) is 0 Å². The van der Waals surface area contributed by atoms with Crippen molar-refractivity contribution in [2.45, 2.75) is 45.6 Å². The first-order valence-electron chi connectivity index (χ1n) is 8.23. The second kappa shape index (κ2) is 8.71. The summed E-state index contributed by atoms with van der Waals surface area (Å²) in [6.07, 6.45) is 4.16. The van der Waals surface area contributed by atoms with Crippen LogP contribution >= 0.6 is 0 Å². The monoisotopic (exact) mass is 299 g/mol. The molecule has 0 atom stereocenters. The van der Waals surface area contributed by atoms with Crippen molar-refractivity contribution < 1.29 is 9.90 Å². The molecule has 1 saturated heterocycles. The van der Waals surface area contributed by atoms with E-state index in [0.29, 0.717) is 12.6 Å². The van der Waals surface area contributed by atoms with E-state index < -0.39 is 0 Å². The van der Waals surface area contributed by atoms with Crippen LogP contribution < -0.4 is 5.32 Å². The highest BCUT2D eigenvalue weighted by molar-refractivity contribution is 5.77. The molecule has 5 nitrogen and oxygen atoms in total. The lowest BCUT2D eigenvalue weighted by Gasteiger charge is -2.36. The molecule has 0 aliphatic carbocycles. The topological polar surface area (TPSA) is 55.8 Å². The van der Waals surface area contributed by atoms with Crippen LogP contribution in [0.15, 0.2) is 0 Å². The average Bonchev–Trinajstić information content (AvgIpc) is 2.50. The Kier molecular flexibility index (Phi) is 7.63. The first kappa shape index (κ1) is 18.4. The van der Waals surface area contributed by atoms with Gasteiger partial charge in [-0.15, -0.1) is 0 Å². The fourth-order valence-electron chi connectivity index (χ4n) is 2.77. The van der Waals surface area contributed by atoms with Gasteiger partial charge in [-0.2, -0.15) is 0 Å². The number of aliphatic hydroxyl groups excluding tert-OH is 1. The standard InChI is InChI=1S/C16H33N3O2/c1-5-16(6-2,13-20)12-17-14-7-9-19(10-8-14)11-15(21)18(3)4/h14,17,20H,5-13H2,1-4H3. The molecule has 1 heterocycles. The molecule has 0 bridgehead atoms. The maximum atomic E-state index is 11.7. The number of aliphatic hydroxyl groups is 1. The second-order valence-corrected chi connectivity index (χ2v) is 6.58. The van der Waals surface area contributed by atoms with Gasteiger partial charge in [0.1, 0.15) is 0 Å². The van der Waals surface area contributed by atoms with Gasteiger partial charge in [-0.05, 0) is 25.7 Å². The van der Waals surface area contributed by atoms with Crippen molar-refractivity contribution in [1.29, 1.82) is 0 Å². The summed E-state index contributed by atoms with van der Waals surface area (Å²) >= 11 is 0. The van der Waals surface area contributed by atoms with E-state index in [1.165, 1.54) is 0 Å². The van der Waals surface area contributed by atoms with Gasteiger partial charge >= 0.3 is 0 Å². The predicted octanol–water partition coefficient (Wildman–Crippen LogP) is 0.927. The quantitative estimate of drug-likeness (QED) is 0.700. The Morgan fingerprint density at radius 2 is 1.86 bits per heavy atom. The zero-order valence-electron chi connectivity index (χ0n) is 14.2. The van der Waals surface area contributed by atoms with Gasteiger partial charge in [-0.25, -0.2) is 0 Å².